The minimum atomic E-state index is -0.490. The number of nitro groups is 1. The first-order valence-corrected chi connectivity index (χ1v) is 9.03. The molecule has 0 radical (unpaired) electrons. The van der Waals surface area contributed by atoms with E-state index in [9.17, 15) is 19.7 Å². The summed E-state index contributed by atoms with van der Waals surface area (Å²) in [5, 5.41) is 19.6. The van der Waals surface area contributed by atoms with Crippen molar-refractivity contribution >= 4 is 40.5 Å². The summed E-state index contributed by atoms with van der Waals surface area (Å²) in [5.74, 6) is -0.602. The van der Waals surface area contributed by atoms with E-state index in [4.69, 9.17) is 11.6 Å². The van der Waals surface area contributed by atoms with E-state index in [1.165, 1.54) is 18.2 Å². The molecule has 0 aromatic heterocycles. The van der Waals surface area contributed by atoms with Gasteiger partial charge in [-0.25, -0.2) is 0 Å². The van der Waals surface area contributed by atoms with Gasteiger partial charge in [-0.05, 0) is 38.1 Å². The Labute approximate surface area is 167 Å². The first-order chi connectivity index (χ1) is 13.3. The number of halogens is 1. The molecule has 148 valence electrons. The Morgan fingerprint density at radius 3 is 2.54 bits per heavy atom. The lowest BCUT2D eigenvalue weighted by atomic mass is 10.1. The summed E-state index contributed by atoms with van der Waals surface area (Å²) in [6.45, 7) is 3.89. The van der Waals surface area contributed by atoms with Gasteiger partial charge in [0.1, 0.15) is 5.69 Å². The Hall–Kier alpha value is -3.13. The minimum Gasteiger partial charge on any atom is -0.379 e. The molecular formula is C19H21ClN4O4. The van der Waals surface area contributed by atoms with Crippen molar-refractivity contribution in [3.63, 3.8) is 0 Å². The van der Waals surface area contributed by atoms with Crippen LogP contribution in [-0.2, 0) is 4.79 Å². The number of nitrogens with zero attached hydrogens (tertiary/aromatic N) is 1. The van der Waals surface area contributed by atoms with Crippen molar-refractivity contribution in [1.82, 2.24) is 5.32 Å². The Morgan fingerprint density at radius 2 is 1.86 bits per heavy atom. The zero-order chi connectivity index (χ0) is 20.7. The van der Waals surface area contributed by atoms with Crippen LogP contribution < -0.4 is 16.0 Å². The van der Waals surface area contributed by atoms with Crippen molar-refractivity contribution in [3.05, 3.63) is 63.2 Å². The number of carbonyl (C=O) groups is 2. The van der Waals surface area contributed by atoms with Crippen LogP contribution in [0.3, 0.4) is 0 Å². The van der Waals surface area contributed by atoms with Crippen molar-refractivity contribution in [2.75, 3.05) is 17.2 Å². The topological polar surface area (TPSA) is 113 Å². The van der Waals surface area contributed by atoms with Crippen molar-refractivity contribution in [1.29, 1.82) is 0 Å². The highest BCUT2D eigenvalue weighted by molar-refractivity contribution is 6.33. The van der Waals surface area contributed by atoms with Gasteiger partial charge in [-0.2, -0.15) is 0 Å². The van der Waals surface area contributed by atoms with Gasteiger partial charge in [0.05, 0.1) is 15.6 Å². The predicted molar refractivity (Wildman–Crippen MR) is 109 cm³/mol. The molecule has 2 aromatic carbocycles. The van der Waals surface area contributed by atoms with Gasteiger partial charge in [-0.3, -0.25) is 19.7 Å². The predicted octanol–water partition coefficient (Wildman–Crippen LogP) is 3.83. The molecule has 0 aliphatic heterocycles. The molecule has 0 bridgehead atoms. The lowest BCUT2D eigenvalue weighted by molar-refractivity contribution is -0.384. The molecule has 0 heterocycles. The van der Waals surface area contributed by atoms with E-state index < -0.39 is 4.92 Å². The summed E-state index contributed by atoms with van der Waals surface area (Å²) < 4.78 is 0. The van der Waals surface area contributed by atoms with E-state index in [0.717, 1.165) is 0 Å². The van der Waals surface area contributed by atoms with Crippen LogP contribution in [0.5, 0.6) is 0 Å². The monoisotopic (exact) mass is 404 g/mol. The number of nitrogens with one attached hydrogen (secondary N) is 3. The lowest BCUT2D eigenvalue weighted by Gasteiger charge is -2.12. The van der Waals surface area contributed by atoms with Gasteiger partial charge in [-0.1, -0.05) is 23.7 Å². The Morgan fingerprint density at radius 1 is 1.14 bits per heavy atom. The second kappa shape index (κ2) is 9.70. The highest BCUT2D eigenvalue weighted by atomic mass is 35.5. The molecule has 2 aromatic rings. The molecule has 0 unspecified atom stereocenters. The van der Waals surface area contributed by atoms with E-state index in [-0.39, 0.29) is 36.5 Å². The molecular weight excluding hydrogens is 384 g/mol. The summed E-state index contributed by atoms with van der Waals surface area (Å²) in [7, 11) is 0. The maximum Gasteiger partial charge on any atom is 0.292 e. The SMILES string of the molecule is CC(C)NC(=O)c1ccc(Cl)c(NC(=O)CCNc2ccccc2[N+](=O)[O-])c1. The number of hydrogen-bond donors (Lipinski definition) is 3. The molecule has 0 atom stereocenters. The number of hydrogen-bond acceptors (Lipinski definition) is 5. The normalized spacial score (nSPS) is 10.4. The number of anilines is 2. The number of rotatable bonds is 8. The second-order valence-corrected chi connectivity index (χ2v) is 6.73. The largest absolute Gasteiger partial charge is 0.379 e. The van der Waals surface area contributed by atoms with Gasteiger partial charge in [0.15, 0.2) is 0 Å². The zero-order valence-corrected chi connectivity index (χ0v) is 16.2. The number of amides is 2. The van der Waals surface area contributed by atoms with Gasteiger partial charge in [-0.15, -0.1) is 0 Å². The Balaban J connectivity index is 1.96. The summed E-state index contributed by atoms with van der Waals surface area (Å²) >= 11 is 6.10. The Bertz CT molecular complexity index is 886. The van der Waals surface area contributed by atoms with Crippen molar-refractivity contribution in [3.8, 4) is 0 Å². The number of benzene rings is 2. The van der Waals surface area contributed by atoms with Crippen LogP contribution in [0.25, 0.3) is 0 Å². The molecule has 0 saturated heterocycles. The molecule has 3 N–H and O–H groups in total. The molecule has 2 rings (SSSR count). The van der Waals surface area contributed by atoms with Crippen LogP contribution in [0.2, 0.25) is 5.02 Å². The highest BCUT2D eigenvalue weighted by Gasteiger charge is 2.14. The minimum absolute atomic E-state index is 0.0191. The zero-order valence-electron chi connectivity index (χ0n) is 15.5. The standard InChI is InChI=1S/C19H21ClN4O4/c1-12(2)22-19(26)13-7-8-14(20)16(11-13)23-18(25)9-10-21-15-5-3-4-6-17(15)24(27)28/h3-8,11-12,21H,9-10H2,1-2H3,(H,22,26)(H,23,25). The van der Waals surface area contributed by atoms with Crippen LogP contribution in [0, 0.1) is 10.1 Å². The van der Waals surface area contributed by atoms with E-state index in [2.05, 4.69) is 16.0 Å². The van der Waals surface area contributed by atoms with Crippen LogP contribution >= 0.6 is 11.6 Å². The van der Waals surface area contributed by atoms with Gasteiger partial charge >= 0.3 is 0 Å². The highest BCUT2D eigenvalue weighted by Crippen LogP contribution is 2.24. The van der Waals surface area contributed by atoms with Gasteiger partial charge in [0, 0.05) is 30.6 Å². The fourth-order valence-corrected chi connectivity index (χ4v) is 2.58. The summed E-state index contributed by atoms with van der Waals surface area (Å²) in [5.41, 5.74) is 0.987. The molecule has 0 aliphatic rings. The maximum absolute atomic E-state index is 12.2. The van der Waals surface area contributed by atoms with Crippen molar-refractivity contribution in [2.45, 2.75) is 26.3 Å². The fraction of sp³-hybridized carbons (Fsp3) is 0.263. The van der Waals surface area contributed by atoms with Crippen LogP contribution in [0.1, 0.15) is 30.6 Å². The average molecular weight is 405 g/mol. The molecule has 0 saturated carbocycles. The molecule has 9 heteroatoms. The van der Waals surface area contributed by atoms with E-state index in [0.29, 0.717) is 22.0 Å². The molecule has 0 fully saturated rings. The third-order valence-corrected chi connectivity index (χ3v) is 4.02. The van der Waals surface area contributed by atoms with Gasteiger partial charge < -0.3 is 16.0 Å². The van der Waals surface area contributed by atoms with Crippen LogP contribution in [0.15, 0.2) is 42.5 Å². The Kier molecular flexibility index (Phi) is 7.34. The quantitative estimate of drug-likeness (QED) is 0.457. The van der Waals surface area contributed by atoms with E-state index >= 15 is 0 Å². The number of nitro benzene ring substituents is 1. The van der Waals surface area contributed by atoms with Crippen molar-refractivity contribution in [2.24, 2.45) is 0 Å². The smallest absolute Gasteiger partial charge is 0.292 e. The summed E-state index contributed by atoms with van der Waals surface area (Å²) in [6.07, 6.45) is 0.0603. The molecule has 8 nitrogen and oxygen atoms in total. The van der Waals surface area contributed by atoms with Gasteiger partial charge in [0.2, 0.25) is 5.91 Å². The van der Waals surface area contributed by atoms with E-state index in [1.807, 2.05) is 13.8 Å². The van der Waals surface area contributed by atoms with Crippen molar-refractivity contribution < 1.29 is 14.5 Å². The number of carbonyl (C=O) groups excluding carboxylic acids is 2. The molecule has 0 aliphatic carbocycles. The lowest BCUT2D eigenvalue weighted by Crippen LogP contribution is -2.30. The summed E-state index contributed by atoms with van der Waals surface area (Å²) in [4.78, 5) is 34.8. The van der Waals surface area contributed by atoms with E-state index in [1.54, 1.807) is 24.3 Å². The second-order valence-electron chi connectivity index (χ2n) is 6.32. The first-order valence-electron chi connectivity index (χ1n) is 8.65. The third-order valence-electron chi connectivity index (χ3n) is 3.69. The summed E-state index contributed by atoms with van der Waals surface area (Å²) in [6, 6.07) is 10.8. The number of para-hydroxylation sites is 2. The fourth-order valence-electron chi connectivity index (χ4n) is 2.41. The third kappa shape index (κ3) is 5.95. The maximum atomic E-state index is 12.2. The first kappa shape index (κ1) is 21.2. The molecule has 0 spiro atoms. The molecule has 28 heavy (non-hydrogen) atoms. The van der Waals surface area contributed by atoms with Crippen LogP contribution in [-0.4, -0.2) is 29.3 Å². The molecule has 2 amide bonds. The van der Waals surface area contributed by atoms with Gasteiger partial charge in [0.25, 0.3) is 11.6 Å². The average Bonchev–Trinajstić information content (AvgIpc) is 2.63. The van der Waals surface area contributed by atoms with Crippen LogP contribution in [0.4, 0.5) is 17.1 Å².